The van der Waals surface area contributed by atoms with E-state index in [0.29, 0.717) is 35.2 Å². The van der Waals surface area contributed by atoms with E-state index < -0.39 is 0 Å². The fourth-order valence-electron chi connectivity index (χ4n) is 7.29. The van der Waals surface area contributed by atoms with Crippen LogP contribution in [0.2, 0.25) is 0 Å². The van der Waals surface area contributed by atoms with Gasteiger partial charge in [0.05, 0.1) is 28.4 Å². The summed E-state index contributed by atoms with van der Waals surface area (Å²) >= 11 is 0. The van der Waals surface area contributed by atoms with Crippen molar-refractivity contribution in [1.29, 1.82) is 0 Å². The lowest BCUT2D eigenvalue weighted by molar-refractivity contribution is 0.221. The van der Waals surface area contributed by atoms with Crippen LogP contribution in [0.25, 0.3) is 11.1 Å². The number of methoxy groups -OCH3 is 4. The zero-order valence-electron chi connectivity index (χ0n) is 26.5. The van der Waals surface area contributed by atoms with Crippen molar-refractivity contribution < 1.29 is 28.8 Å². The summed E-state index contributed by atoms with van der Waals surface area (Å²) in [5, 5.41) is 14.9. The van der Waals surface area contributed by atoms with Crippen molar-refractivity contribution in [3.05, 3.63) is 88.0 Å². The minimum Gasteiger partial charge on any atom is -0.507 e. The molecule has 2 N–H and O–H groups in total. The van der Waals surface area contributed by atoms with Crippen LogP contribution in [0.15, 0.2) is 54.6 Å². The van der Waals surface area contributed by atoms with Crippen molar-refractivity contribution in [2.75, 3.05) is 48.6 Å². The van der Waals surface area contributed by atoms with Gasteiger partial charge in [-0.05, 0) is 110 Å². The standard InChI is InChI=1S/C37H40N2O6/c1-39-13-11-24-19-34(43-4)36(44-5)37-35(24)29(39)17-22-6-8-30(40)26(14-22)27-15-21(7-9-31(27)41-2)16-28-25-20-33(45-37)32(42-3)18-23(25)10-12-38-28/h6-9,14-15,18-20,28-29,38,40H,10-13,16-17H2,1-5H3. The number of likely N-dealkylation sites (N-methyl/N-ethyl adjacent to an activating group) is 1. The molecule has 7 rings (SSSR count). The number of aromatic hydroxyl groups is 1. The van der Waals surface area contributed by atoms with E-state index in [1.807, 2.05) is 12.1 Å². The zero-order chi connectivity index (χ0) is 31.2. The Labute approximate surface area is 264 Å². The van der Waals surface area contributed by atoms with Gasteiger partial charge in [-0.2, -0.15) is 0 Å². The van der Waals surface area contributed by atoms with Crippen LogP contribution >= 0.6 is 0 Å². The molecular weight excluding hydrogens is 568 g/mol. The van der Waals surface area contributed by atoms with Gasteiger partial charge in [0, 0.05) is 35.3 Å². The Morgan fingerprint density at radius 2 is 1.51 bits per heavy atom. The smallest absolute Gasteiger partial charge is 0.204 e. The van der Waals surface area contributed by atoms with Crippen molar-refractivity contribution in [2.24, 2.45) is 0 Å². The molecular formula is C37H40N2O6. The Kier molecular flexibility index (Phi) is 7.71. The number of phenols is 1. The fraction of sp³-hybridized carbons (Fsp3) is 0.351. The van der Waals surface area contributed by atoms with Crippen LogP contribution in [0.5, 0.6) is 40.2 Å². The molecule has 2 unspecified atom stereocenters. The monoisotopic (exact) mass is 608 g/mol. The maximum Gasteiger partial charge on any atom is 0.204 e. The van der Waals surface area contributed by atoms with E-state index in [4.69, 9.17) is 23.7 Å². The lowest BCUT2D eigenvalue weighted by Crippen LogP contribution is -2.34. The van der Waals surface area contributed by atoms with Crippen LogP contribution in [0.4, 0.5) is 0 Å². The molecule has 0 saturated carbocycles. The van der Waals surface area contributed by atoms with E-state index in [1.165, 1.54) is 11.1 Å². The molecule has 8 nitrogen and oxygen atoms in total. The van der Waals surface area contributed by atoms with Crippen molar-refractivity contribution in [1.82, 2.24) is 10.2 Å². The molecule has 4 aromatic rings. The highest BCUT2D eigenvalue weighted by atomic mass is 16.5. The minimum atomic E-state index is -0.0277. The van der Waals surface area contributed by atoms with Crippen molar-refractivity contribution in [2.45, 2.75) is 37.8 Å². The minimum absolute atomic E-state index is 0.0277. The summed E-state index contributed by atoms with van der Waals surface area (Å²) in [5.74, 6) is 4.10. The highest BCUT2D eigenvalue weighted by Gasteiger charge is 2.34. The molecule has 0 radical (unpaired) electrons. The first kappa shape index (κ1) is 29.3. The second-order valence-electron chi connectivity index (χ2n) is 12.1. The van der Waals surface area contributed by atoms with Gasteiger partial charge in [0.15, 0.2) is 23.0 Å². The molecule has 0 saturated heterocycles. The highest BCUT2D eigenvalue weighted by Crippen LogP contribution is 2.52. The third-order valence-corrected chi connectivity index (χ3v) is 9.63. The summed E-state index contributed by atoms with van der Waals surface area (Å²) < 4.78 is 30.6. The van der Waals surface area contributed by atoms with E-state index in [9.17, 15) is 5.11 Å². The topological polar surface area (TPSA) is 81.7 Å². The third kappa shape index (κ3) is 5.12. The van der Waals surface area contributed by atoms with Gasteiger partial charge in [0.25, 0.3) is 0 Å². The van der Waals surface area contributed by atoms with Gasteiger partial charge in [-0.1, -0.05) is 12.1 Å². The molecule has 0 spiro atoms. The van der Waals surface area contributed by atoms with Crippen LogP contribution in [-0.4, -0.2) is 58.6 Å². The number of phenolic OH excluding ortho intramolecular Hbond substituents is 1. The Balaban J connectivity index is 1.51. The lowest BCUT2D eigenvalue weighted by Gasteiger charge is -2.37. The molecule has 0 fully saturated rings. The van der Waals surface area contributed by atoms with E-state index >= 15 is 0 Å². The SMILES string of the molecule is COc1cc2c3cc1Oc1c(OC)c(OC)cc4c1C(Cc1ccc(O)c(c1)-c1cc(ccc1OC)CC3NCC2)N(C)CC4. The van der Waals surface area contributed by atoms with E-state index in [-0.39, 0.29) is 17.8 Å². The third-order valence-electron chi connectivity index (χ3n) is 9.63. The Morgan fingerprint density at radius 3 is 2.29 bits per heavy atom. The average Bonchev–Trinajstić information content (AvgIpc) is 3.06. The summed E-state index contributed by atoms with van der Waals surface area (Å²) in [7, 11) is 8.83. The Bertz CT molecular complexity index is 1770. The zero-order valence-corrected chi connectivity index (χ0v) is 26.5. The van der Waals surface area contributed by atoms with E-state index in [1.54, 1.807) is 34.5 Å². The molecule has 3 aliphatic rings. The second kappa shape index (κ2) is 11.8. The normalized spacial score (nSPS) is 18.8. The summed E-state index contributed by atoms with van der Waals surface area (Å²) in [6.07, 6.45) is 3.18. The molecule has 8 heteroatoms. The molecule has 0 aliphatic carbocycles. The molecule has 4 aromatic carbocycles. The van der Waals surface area contributed by atoms with Gasteiger partial charge in [-0.15, -0.1) is 0 Å². The first-order chi connectivity index (χ1) is 21.9. The van der Waals surface area contributed by atoms with Crippen LogP contribution < -0.4 is 29.0 Å². The molecule has 234 valence electrons. The Hall–Kier alpha value is -4.40. The number of nitrogens with one attached hydrogen (secondary N) is 1. The van der Waals surface area contributed by atoms with Crippen molar-refractivity contribution in [3.8, 4) is 51.4 Å². The molecule has 2 atom stereocenters. The van der Waals surface area contributed by atoms with E-state index in [0.717, 1.165) is 71.5 Å². The van der Waals surface area contributed by atoms with Crippen LogP contribution in [0, 0.1) is 0 Å². The number of hydrogen-bond donors (Lipinski definition) is 2. The van der Waals surface area contributed by atoms with Crippen LogP contribution in [-0.2, 0) is 25.7 Å². The number of fused-ring (bicyclic) bond motifs is 6. The van der Waals surface area contributed by atoms with Crippen molar-refractivity contribution in [3.63, 3.8) is 0 Å². The van der Waals surface area contributed by atoms with Gasteiger partial charge in [-0.25, -0.2) is 0 Å². The predicted octanol–water partition coefficient (Wildman–Crippen LogP) is 6.40. The molecule has 3 aliphatic heterocycles. The first-order valence-corrected chi connectivity index (χ1v) is 15.5. The van der Waals surface area contributed by atoms with Gasteiger partial charge < -0.3 is 34.1 Å². The Morgan fingerprint density at radius 1 is 0.778 bits per heavy atom. The molecule has 3 heterocycles. The fourth-order valence-corrected chi connectivity index (χ4v) is 7.29. The molecule has 6 bridgehead atoms. The van der Waals surface area contributed by atoms with Gasteiger partial charge in [0.1, 0.15) is 11.5 Å². The molecule has 0 amide bonds. The summed E-state index contributed by atoms with van der Waals surface area (Å²) in [4.78, 5) is 2.36. The average molecular weight is 609 g/mol. The summed E-state index contributed by atoms with van der Waals surface area (Å²) in [5.41, 5.74) is 8.50. The number of benzene rings is 4. The largest absolute Gasteiger partial charge is 0.507 e. The predicted molar refractivity (Wildman–Crippen MR) is 174 cm³/mol. The molecule has 45 heavy (non-hydrogen) atoms. The number of rotatable bonds is 4. The summed E-state index contributed by atoms with van der Waals surface area (Å²) in [6, 6.07) is 18.5. The highest BCUT2D eigenvalue weighted by molar-refractivity contribution is 5.77. The second-order valence-corrected chi connectivity index (χ2v) is 12.1. The van der Waals surface area contributed by atoms with Crippen LogP contribution in [0.3, 0.4) is 0 Å². The quantitative estimate of drug-likeness (QED) is 0.276. The first-order valence-electron chi connectivity index (χ1n) is 15.5. The number of ether oxygens (including phenoxy) is 5. The maximum absolute atomic E-state index is 11.2. The van der Waals surface area contributed by atoms with E-state index in [2.05, 4.69) is 53.7 Å². The summed E-state index contributed by atoms with van der Waals surface area (Å²) in [6.45, 7) is 1.74. The maximum atomic E-state index is 11.2. The van der Waals surface area contributed by atoms with Gasteiger partial charge in [-0.3, -0.25) is 4.90 Å². The van der Waals surface area contributed by atoms with Gasteiger partial charge in [0.2, 0.25) is 5.75 Å². The van der Waals surface area contributed by atoms with Crippen molar-refractivity contribution >= 4 is 0 Å². The van der Waals surface area contributed by atoms with Gasteiger partial charge >= 0.3 is 0 Å². The number of nitrogens with zero attached hydrogens (tertiary/aromatic N) is 1. The number of hydrogen-bond acceptors (Lipinski definition) is 8. The molecule has 0 aromatic heterocycles. The van der Waals surface area contributed by atoms with Crippen LogP contribution in [0.1, 0.15) is 45.5 Å². The lowest BCUT2D eigenvalue weighted by atomic mass is 9.86.